The molecule has 0 bridgehead atoms. The van der Waals surface area contributed by atoms with Gasteiger partial charge in [-0.05, 0) is 29.2 Å². The number of halogens is 2. The highest BCUT2D eigenvalue weighted by atomic mass is 35.5. The monoisotopic (exact) mass is 441 g/mol. The highest BCUT2D eigenvalue weighted by Crippen LogP contribution is 2.33. The Morgan fingerprint density at radius 3 is 2.39 bits per heavy atom. The summed E-state index contributed by atoms with van der Waals surface area (Å²) in [6, 6.07) is 12.3. The van der Waals surface area contributed by atoms with Crippen molar-refractivity contribution in [3.63, 3.8) is 0 Å². The van der Waals surface area contributed by atoms with Gasteiger partial charge in [0.2, 0.25) is 10.0 Å². The summed E-state index contributed by atoms with van der Waals surface area (Å²) in [5.74, 6) is -0.192. The average Bonchev–Trinajstić information content (AvgIpc) is 2.62. The molecular formula is C19H21Cl2N3O3S. The van der Waals surface area contributed by atoms with Crippen LogP contribution in [0.25, 0.3) is 0 Å². The first-order valence-electron chi connectivity index (χ1n) is 8.43. The van der Waals surface area contributed by atoms with Gasteiger partial charge in [-0.15, -0.1) is 0 Å². The second kappa shape index (κ2) is 9.41. The first kappa shape index (κ1) is 22.2. The number of anilines is 1. The number of nitrogens with one attached hydrogen (secondary N) is 1. The lowest BCUT2D eigenvalue weighted by molar-refractivity contribution is -0.119. The molecule has 0 heterocycles. The summed E-state index contributed by atoms with van der Waals surface area (Å²) in [7, 11) is -3.76. The Bertz CT molecular complexity index is 974. The van der Waals surface area contributed by atoms with Crippen molar-refractivity contribution in [2.75, 3.05) is 17.1 Å². The Morgan fingerprint density at radius 2 is 1.82 bits per heavy atom. The molecule has 0 saturated carbocycles. The second-order valence-electron chi connectivity index (χ2n) is 6.46. The number of rotatable bonds is 7. The van der Waals surface area contributed by atoms with Crippen LogP contribution in [-0.2, 0) is 14.8 Å². The van der Waals surface area contributed by atoms with Crippen LogP contribution >= 0.6 is 23.2 Å². The molecule has 0 spiro atoms. The molecule has 150 valence electrons. The largest absolute Gasteiger partial charge is 0.271 e. The van der Waals surface area contributed by atoms with Gasteiger partial charge in [-0.3, -0.25) is 9.10 Å². The van der Waals surface area contributed by atoms with Crippen molar-refractivity contribution in [1.29, 1.82) is 0 Å². The van der Waals surface area contributed by atoms with E-state index >= 15 is 0 Å². The SMILES string of the molecule is CC(C)c1ccc(C=NNC(=O)CN(c2cccc(Cl)c2Cl)S(C)(=O)=O)cc1. The van der Waals surface area contributed by atoms with Crippen molar-refractivity contribution in [3.8, 4) is 0 Å². The average molecular weight is 442 g/mol. The van der Waals surface area contributed by atoms with E-state index in [0.29, 0.717) is 5.92 Å². The van der Waals surface area contributed by atoms with E-state index in [1.54, 1.807) is 6.07 Å². The minimum atomic E-state index is -3.76. The van der Waals surface area contributed by atoms with Crippen LogP contribution in [0.1, 0.15) is 30.9 Å². The van der Waals surface area contributed by atoms with Crippen LogP contribution in [0.2, 0.25) is 10.0 Å². The first-order chi connectivity index (χ1) is 13.1. The van der Waals surface area contributed by atoms with Gasteiger partial charge < -0.3 is 0 Å². The maximum absolute atomic E-state index is 12.2. The van der Waals surface area contributed by atoms with Crippen molar-refractivity contribution in [1.82, 2.24) is 5.43 Å². The lowest BCUT2D eigenvalue weighted by atomic mass is 10.0. The van der Waals surface area contributed by atoms with Crippen LogP contribution < -0.4 is 9.73 Å². The number of hydrogen-bond donors (Lipinski definition) is 1. The summed E-state index contributed by atoms with van der Waals surface area (Å²) in [6.45, 7) is 3.72. The van der Waals surface area contributed by atoms with E-state index in [2.05, 4.69) is 24.4 Å². The Labute approximate surface area is 175 Å². The molecule has 0 fully saturated rings. The molecule has 0 radical (unpaired) electrons. The van der Waals surface area contributed by atoms with Gasteiger partial charge in [-0.25, -0.2) is 13.8 Å². The van der Waals surface area contributed by atoms with Crippen molar-refractivity contribution in [2.45, 2.75) is 19.8 Å². The Hall–Kier alpha value is -2.09. The molecule has 0 atom stereocenters. The number of carbonyl (C=O) groups is 1. The molecule has 9 heteroatoms. The number of hydrogen-bond acceptors (Lipinski definition) is 4. The summed E-state index contributed by atoms with van der Waals surface area (Å²) >= 11 is 12.0. The summed E-state index contributed by atoms with van der Waals surface area (Å²) in [5.41, 5.74) is 4.45. The van der Waals surface area contributed by atoms with Crippen LogP contribution in [0.5, 0.6) is 0 Å². The standard InChI is InChI=1S/C19H21Cl2N3O3S/c1-13(2)15-9-7-14(8-10-15)11-22-23-18(25)12-24(28(3,26)27)17-6-4-5-16(20)19(17)21/h4-11,13H,12H2,1-3H3,(H,23,25). The summed E-state index contributed by atoms with van der Waals surface area (Å²) < 4.78 is 25.1. The van der Waals surface area contributed by atoms with E-state index in [-0.39, 0.29) is 15.7 Å². The van der Waals surface area contributed by atoms with Gasteiger partial charge in [0.25, 0.3) is 5.91 Å². The third-order valence-corrected chi connectivity index (χ3v) is 5.83. The molecule has 28 heavy (non-hydrogen) atoms. The minimum absolute atomic E-state index is 0.0520. The van der Waals surface area contributed by atoms with Crippen molar-refractivity contribution in [3.05, 3.63) is 63.6 Å². The number of hydrazone groups is 1. The predicted octanol–water partition coefficient (Wildman–Crippen LogP) is 4.03. The topological polar surface area (TPSA) is 78.8 Å². The molecule has 6 nitrogen and oxygen atoms in total. The van der Waals surface area contributed by atoms with Gasteiger partial charge in [-0.1, -0.05) is 67.4 Å². The molecule has 0 aliphatic heterocycles. The molecule has 2 aromatic carbocycles. The fourth-order valence-electron chi connectivity index (χ4n) is 2.38. The fraction of sp³-hybridized carbons (Fsp3) is 0.263. The molecule has 0 aliphatic rings. The predicted molar refractivity (Wildman–Crippen MR) is 115 cm³/mol. The zero-order valence-electron chi connectivity index (χ0n) is 15.7. The number of sulfonamides is 1. The molecule has 0 aromatic heterocycles. The second-order valence-corrected chi connectivity index (χ2v) is 9.15. The van der Waals surface area contributed by atoms with E-state index in [1.807, 2.05) is 24.3 Å². The van der Waals surface area contributed by atoms with E-state index in [4.69, 9.17) is 23.2 Å². The van der Waals surface area contributed by atoms with Crippen molar-refractivity contribution < 1.29 is 13.2 Å². The zero-order valence-corrected chi connectivity index (χ0v) is 18.0. The number of nitrogens with zero attached hydrogens (tertiary/aromatic N) is 2. The number of amides is 1. The molecule has 2 rings (SSSR count). The fourth-order valence-corrected chi connectivity index (χ4v) is 3.69. The van der Waals surface area contributed by atoms with Crippen LogP contribution in [0.15, 0.2) is 47.6 Å². The maximum Gasteiger partial charge on any atom is 0.260 e. The van der Waals surface area contributed by atoms with E-state index < -0.39 is 22.5 Å². The minimum Gasteiger partial charge on any atom is -0.271 e. The number of benzene rings is 2. The van der Waals surface area contributed by atoms with Gasteiger partial charge >= 0.3 is 0 Å². The summed E-state index contributed by atoms with van der Waals surface area (Å²) in [6.07, 6.45) is 2.47. The molecule has 2 aromatic rings. The van der Waals surface area contributed by atoms with Gasteiger partial charge in [0.05, 0.1) is 28.2 Å². The van der Waals surface area contributed by atoms with Gasteiger partial charge in [0.15, 0.2) is 0 Å². The highest BCUT2D eigenvalue weighted by molar-refractivity contribution is 7.92. The third kappa shape index (κ3) is 5.95. The highest BCUT2D eigenvalue weighted by Gasteiger charge is 2.23. The van der Waals surface area contributed by atoms with Gasteiger partial charge in [0.1, 0.15) is 6.54 Å². The quantitative estimate of drug-likeness (QED) is 0.520. The lowest BCUT2D eigenvalue weighted by Crippen LogP contribution is -2.39. The molecule has 1 amide bonds. The van der Waals surface area contributed by atoms with Gasteiger partial charge in [-0.2, -0.15) is 5.10 Å². The van der Waals surface area contributed by atoms with E-state index in [1.165, 1.54) is 23.9 Å². The van der Waals surface area contributed by atoms with E-state index in [9.17, 15) is 13.2 Å². The maximum atomic E-state index is 12.2. The lowest BCUT2D eigenvalue weighted by Gasteiger charge is -2.22. The van der Waals surface area contributed by atoms with Crippen LogP contribution in [0.4, 0.5) is 5.69 Å². The smallest absolute Gasteiger partial charge is 0.260 e. The molecule has 0 aliphatic carbocycles. The molecular weight excluding hydrogens is 421 g/mol. The first-order valence-corrected chi connectivity index (χ1v) is 11.0. The normalized spacial score (nSPS) is 11.8. The molecule has 1 N–H and O–H groups in total. The zero-order chi connectivity index (χ0) is 20.9. The Balaban J connectivity index is 2.09. The van der Waals surface area contributed by atoms with E-state index in [0.717, 1.165) is 16.1 Å². The Kier molecular flexibility index (Phi) is 7.46. The van der Waals surface area contributed by atoms with Crippen LogP contribution in [-0.4, -0.2) is 33.3 Å². The van der Waals surface area contributed by atoms with Crippen molar-refractivity contribution >= 4 is 51.0 Å². The van der Waals surface area contributed by atoms with Gasteiger partial charge in [0, 0.05) is 0 Å². The molecule has 0 saturated heterocycles. The van der Waals surface area contributed by atoms with Crippen molar-refractivity contribution in [2.24, 2.45) is 5.10 Å². The van der Waals surface area contributed by atoms with Crippen LogP contribution in [0, 0.1) is 0 Å². The third-order valence-electron chi connectivity index (χ3n) is 3.89. The Morgan fingerprint density at radius 1 is 1.18 bits per heavy atom. The number of carbonyl (C=O) groups excluding carboxylic acids is 1. The molecule has 0 unspecified atom stereocenters. The summed E-state index contributed by atoms with van der Waals surface area (Å²) in [4.78, 5) is 12.2. The summed E-state index contributed by atoms with van der Waals surface area (Å²) in [5, 5.41) is 4.12. The van der Waals surface area contributed by atoms with Crippen LogP contribution in [0.3, 0.4) is 0 Å².